The van der Waals surface area contributed by atoms with Crippen LogP contribution in [0.25, 0.3) is 0 Å². The summed E-state index contributed by atoms with van der Waals surface area (Å²) in [5, 5.41) is 0. The zero-order valence-electron chi connectivity index (χ0n) is 11.4. The van der Waals surface area contributed by atoms with Gasteiger partial charge in [-0.25, -0.2) is 0 Å². The molecule has 4 saturated heterocycles. The zero-order chi connectivity index (χ0) is 12.0. The van der Waals surface area contributed by atoms with Crippen LogP contribution in [-0.4, -0.2) is 55.6 Å². The molecule has 3 unspecified atom stereocenters. The molecule has 4 rings (SSSR count). The van der Waals surface area contributed by atoms with Crippen LogP contribution in [0.3, 0.4) is 0 Å². The summed E-state index contributed by atoms with van der Waals surface area (Å²) >= 11 is 0. The summed E-state index contributed by atoms with van der Waals surface area (Å²) in [5.74, 6) is 2.40. The Labute approximate surface area is 105 Å². The predicted octanol–water partition coefficient (Wildman–Crippen LogP) is 0.855. The molecule has 3 nitrogen and oxygen atoms in total. The van der Waals surface area contributed by atoms with Crippen molar-refractivity contribution in [3.63, 3.8) is 0 Å². The molecule has 17 heavy (non-hydrogen) atoms. The van der Waals surface area contributed by atoms with Gasteiger partial charge in [0.2, 0.25) is 0 Å². The average molecular weight is 237 g/mol. The maximum atomic E-state index is 6.13. The highest BCUT2D eigenvalue weighted by Crippen LogP contribution is 2.48. The molecule has 0 amide bonds. The average Bonchev–Trinajstić information content (AvgIpc) is 2.45. The monoisotopic (exact) mass is 237 g/mol. The van der Waals surface area contributed by atoms with E-state index in [0.717, 1.165) is 24.3 Å². The molecule has 0 aromatic rings. The molecule has 0 aromatic carbocycles. The molecule has 0 aliphatic carbocycles. The van der Waals surface area contributed by atoms with Gasteiger partial charge in [0, 0.05) is 44.7 Å². The molecule has 0 radical (unpaired) electrons. The summed E-state index contributed by atoms with van der Waals surface area (Å²) in [6.07, 6.45) is 1.36. The summed E-state index contributed by atoms with van der Waals surface area (Å²) < 4.78 is 0. The number of fused-ring (bicyclic) bond motifs is 1. The molecule has 98 valence electrons. The molecular weight excluding hydrogens is 210 g/mol. The number of nitrogens with two attached hydrogens (primary N) is 1. The van der Waals surface area contributed by atoms with E-state index in [9.17, 15) is 0 Å². The van der Waals surface area contributed by atoms with E-state index in [4.69, 9.17) is 5.73 Å². The Balaban J connectivity index is 1.92. The van der Waals surface area contributed by atoms with Gasteiger partial charge in [-0.15, -0.1) is 0 Å². The quantitative estimate of drug-likeness (QED) is 0.790. The molecule has 2 N–H and O–H groups in total. The Morgan fingerprint density at radius 3 is 2.24 bits per heavy atom. The molecule has 0 aromatic heterocycles. The first-order chi connectivity index (χ1) is 8.13. The number of hydrogen-bond acceptors (Lipinski definition) is 3. The van der Waals surface area contributed by atoms with Crippen molar-refractivity contribution in [2.75, 3.05) is 45.8 Å². The van der Waals surface area contributed by atoms with Gasteiger partial charge in [0.15, 0.2) is 0 Å². The van der Waals surface area contributed by atoms with E-state index in [2.05, 4.69) is 23.6 Å². The molecule has 4 heterocycles. The Morgan fingerprint density at radius 2 is 1.76 bits per heavy atom. The number of piperidine rings is 2. The summed E-state index contributed by atoms with van der Waals surface area (Å²) in [6, 6.07) is 0. The summed E-state index contributed by atoms with van der Waals surface area (Å²) in [5.41, 5.74) is 6.63. The second kappa shape index (κ2) is 4.22. The first-order valence-corrected chi connectivity index (χ1v) is 7.28. The lowest BCUT2D eigenvalue weighted by Gasteiger charge is -2.56. The van der Waals surface area contributed by atoms with Gasteiger partial charge < -0.3 is 15.5 Å². The van der Waals surface area contributed by atoms with E-state index < -0.39 is 0 Å². The third-order valence-corrected chi connectivity index (χ3v) is 5.22. The van der Waals surface area contributed by atoms with Crippen molar-refractivity contribution >= 4 is 0 Å². The summed E-state index contributed by atoms with van der Waals surface area (Å²) in [7, 11) is 0. The second-order valence-corrected chi connectivity index (χ2v) is 7.03. The van der Waals surface area contributed by atoms with Gasteiger partial charge in [-0.2, -0.15) is 0 Å². The fourth-order valence-electron chi connectivity index (χ4n) is 4.94. The Hall–Kier alpha value is -0.120. The Kier molecular flexibility index (Phi) is 2.96. The van der Waals surface area contributed by atoms with E-state index in [1.807, 2.05) is 0 Å². The van der Waals surface area contributed by atoms with Crippen molar-refractivity contribution < 1.29 is 0 Å². The summed E-state index contributed by atoms with van der Waals surface area (Å²) in [6.45, 7) is 13.4. The maximum Gasteiger partial charge on any atom is 0.0110 e. The van der Waals surface area contributed by atoms with Crippen LogP contribution in [0.2, 0.25) is 0 Å². The van der Waals surface area contributed by atoms with Crippen molar-refractivity contribution in [3.8, 4) is 0 Å². The van der Waals surface area contributed by atoms with Crippen LogP contribution in [0.4, 0.5) is 0 Å². The topological polar surface area (TPSA) is 32.5 Å². The molecule has 0 saturated carbocycles. The summed E-state index contributed by atoms with van der Waals surface area (Å²) in [4.78, 5) is 5.43. The van der Waals surface area contributed by atoms with E-state index in [1.54, 1.807) is 0 Å². The highest BCUT2D eigenvalue weighted by atomic mass is 15.3. The first-order valence-electron chi connectivity index (χ1n) is 7.28. The predicted molar refractivity (Wildman–Crippen MR) is 70.8 cm³/mol. The molecule has 3 atom stereocenters. The standard InChI is InChI=1S/C14H27N3/c1-11(2)5-14-9-16-3-4-17(10-14)8-12(7-16)13(14)6-15/h11-13H,3-10,15H2,1-2H3. The number of hydrogen-bond donors (Lipinski definition) is 1. The van der Waals surface area contributed by atoms with Crippen LogP contribution in [0.5, 0.6) is 0 Å². The van der Waals surface area contributed by atoms with E-state index in [-0.39, 0.29) is 0 Å². The van der Waals surface area contributed by atoms with Gasteiger partial charge >= 0.3 is 0 Å². The minimum absolute atomic E-state index is 0.501. The molecule has 4 fully saturated rings. The van der Waals surface area contributed by atoms with E-state index >= 15 is 0 Å². The van der Waals surface area contributed by atoms with Crippen molar-refractivity contribution in [1.82, 2.24) is 9.80 Å². The van der Waals surface area contributed by atoms with Gasteiger partial charge in [-0.3, -0.25) is 0 Å². The number of rotatable bonds is 3. The fraction of sp³-hybridized carbons (Fsp3) is 1.00. The smallest absolute Gasteiger partial charge is 0.0110 e. The van der Waals surface area contributed by atoms with Gasteiger partial charge in [-0.05, 0) is 30.7 Å². The molecule has 4 bridgehead atoms. The number of nitrogens with zero attached hydrogens (tertiary/aromatic N) is 2. The Morgan fingerprint density at radius 1 is 1.18 bits per heavy atom. The lowest BCUT2D eigenvalue weighted by atomic mass is 9.60. The minimum Gasteiger partial charge on any atom is -0.330 e. The van der Waals surface area contributed by atoms with Crippen molar-refractivity contribution in [2.45, 2.75) is 20.3 Å². The molecule has 4 aliphatic rings. The first kappa shape index (κ1) is 11.9. The van der Waals surface area contributed by atoms with Crippen molar-refractivity contribution in [2.24, 2.45) is 28.9 Å². The van der Waals surface area contributed by atoms with Crippen LogP contribution in [0.15, 0.2) is 0 Å². The molecule has 0 spiro atoms. The third kappa shape index (κ3) is 1.92. The van der Waals surface area contributed by atoms with Gasteiger partial charge in [-0.1, -0.05) is 13.8 Å². The lowest BCUT2D eigenvalue weighted by Crippen LogP contribution is -2.62. The SMILES string of the molecule is CC(C)CC12CN3CCN(CC(C3)C1CN)C2. The molecule has 3 heteroatoms. The largest absolute Gasteiger partial charge is 0.330 e. The normalized spacial score (nSPS) is 48.7. The van der Waals surface area contributed by atoms with Crippen LogP contribution in [-0.2, 0) is 0 Å². The Bertz CT molecular complexity index is 273. The highest BCUT2D eigenvalue weighted by molar-refractivity contribution is 5.05. The minimum atomic E-state index is 0.501. The van der Waals surface area contributed by atoms with Gasteiger partial charge in [0.25, 0.3) is 0 Å². The van der Waals surface area contributed by atoms with Crippen LogP contribution < -0.4 is 5.73 Å². The zero-order valence-corrected chi connectivity index (χ0v) is 11.4. The van der Waals surface area contributed by atoms with E-state index in [0.29, 0.717) is 5.41 Å². The van der Waals surface area contributed by atoms with E-state index in [1.165, 1.54) is 45.7 Å². The maximum absolute atomic E-state index is 6.13. The fourth-order valence-corrected chi connectivity index (χ4v) is 4.94. The lowest BCUT2D eigenvalue weighted by molar-refractivity contribution is -0.0656. The highest BCUT2D eigenvalue weighted by Gasteiger charge is 2.53. The van der Waals surface area contributed by atoms with Gasteiger partial charge in [0.1, 0.15) is 0 Å². The van der Waals surface area contributed by atoms with Crippen molar-refractivity contribution in [3.05, 3.63) is 0 Å². The van der Waals surface area contributed by atoms with Gasteiger partial charge in [0.05, 0.1) is 0 Å². The van der Waals surface area contributed by atoms with Crippen LogP contribution >= 0.6 is 0 Å². The molecule has 4 aliphatic heterocycles. The van der Waals surface area contributed by atoms with Crippen LogP contribution in [0.1, 0.15) is 20.3 Å². The van der Waals surface area contributed by atoms with Crippen molar-refractivity contribution in [1.29, 1.82) is 0 Å². The van der Waals surface area contributed by atoms with Crippen LogP contribution in [0, 0.1) is 23.2 Å². The molecular formula is C14H27N3. The third-order valence-electron chi connectivity index (χ3n) is 5.22. The second-order valence-electron chi connectivity index (χ2n) is 7.03.